The van der Waals surface area contributed by atoms with Crippen molar-refractivity contribution in [3.63, 3.8) is 0 Å². The van der Waals surface area contributed by atoms with Crippen LogP contribution >= 0.6 is 0 Å². The third kappa shape index (κ3) is 3.28. The highest BCUT2D eigenvalue weighted by atomic mass is 19.1. The van der Waals surface area contributed by atoms with E-state index >= 15 is 0 Å². The third-order valence-corrected chi connectivity index (χ3v) is 2.03. The largest absolute Gasteiger partial charge is 0.519 e. The Balaban J connectivity index is 1.96. The molecule has 0 N–H and O–H groups in total. The first-order valence-corrected chi connectivity index (χ1v) is 5.04. The zero-order chi connectivity index (χ0) is 13.0. The molecule has 0 spiro atoms. The van der Waals surface area contributed by atoms with Crippen molar-refractivity contribution in [1.29, 1.82) is 0 Å². The molecule has 0 bridgehead atoms. The first-order valence-electron chi connectivity index (χ1n) is 5.04. The van der Waals surface area contributed by atoms with Crippen LogP contribution in [0, 0.1) is 11.6 Å². The Bertz CT molecular complexity index is 486. The molecule has 0 aliphatic rings. The molecule has 0 atom stereocenters. The normalized spacial score (nSPS) is 9.89. The summed E-state index contributed by atoms with van der Waals surface area (Å²) in [4.78, 5) is 11.3. The number of hydrogen-bond acceptors (Lipinski definition) is 3. The summed E-state index contributed by atoms with van der Waals surface area (Å²) in [5, 5.41) is 0. The van der Waals surface area contributed by atoms with E-state index in [0.29, 0.717) is 0 Å². The van der Waals surface area contributed by atoms with Gasteiger partial charge in [0, 0.05) is 0 Å². The molecule has 0 unspecified atom stereocenters. The van der Waals surface area contributed by atoms with Crippen molar-refractivity contribution in [2.75, 3.05) is 0 Å². The Kier molecular flexibility index (Phi) is 3.52. The molecule has 2 rings (SSSR count). The highest BCUT2D eigenvalue weighted by molar-refractivity contribution is 5.66. The lowest BCUT2D eigenvalue weighted by Gasteiger charge is -2.05. The van der Waals surface area contributed by atoms with Gasteiger partial charge in [-0.3, -0.25) is 0 Å². The smallest absolute Gasteiger partial charge is 0.395 e. The summed E-state index contributed by atoms with van der Waals surface area (Å²) in [5.41, 5.74) is 0. The molecule has 0 aromatic heterocycles. The Hall–Kier alpha value is -2.43. The van der Waals surface area contributed by atoms with E-state index in [0.717, 1.165) is 24.3 Å². The second-order valence-corrected chi connectivity index (χ2v) is 3.36. The summed E-state index contributed by atoms with van der Waals surface area (Å²) in [6, 6.07) is 9.78. The van der Waals surface area contributed by atoms with Crippen LogP contribution in [0.5, 0.6) is 11.5 Å². The molecule has 0 saturated heterocycles. The van der Waals surface area contributed by atoms with Gasteiger partial charge in [0.05, 0.1) is 0 Å². The molecule has 92 valence electrons. The first kappa shape index (κ1) is 12.0. The molecule has 0 amide bonds. The van der Waals surface area contributed by atoms with Crippen LogP contribution in [-0.2, 0) is 0 Å². The average molecular weight is 250 g/mol. The van der Waals surface area contributed by atoms with Gasteiger partial charge >= 0.3 is 6.16 Å². The third-order valence-electron chi connectivity index (χ3n) is 2.03. The number of carbonyl (C=O) groups excluding carboxylic acids is 1. The lowest BCUT2D eigenvalue weighted by Crippen LogP contribution is -2.13. The van der Waals surface area contributed by atoms with E-state index in [-0.39, 0.29) is 11.5 Å². The van der Waals surface area contributed by atoms with Crippen LogP contribution in [0.25, 0.3) is 0 Å². The van der Waals surface area contributed by atoms with Crippen LogP contribution in [0.3, 0.4) is 0 Å². The lowest BCUT2D eigenvalue weighted by molar-refractivity contribution is 0.152. The maximum absolute atomic E-state index is 12.6. The summed E-state index contributed by atoms with van der Waals surface area (Å²) < 4.78 is 34.8. The van der Waals surface area contributed by atoms with Crippen LogP contribution in [0.2, 0.25) is 0 Å². The zero-order valence-electron chi connectivity index (χ0n) is 9.10. The molecule has 0 saturated carbocycles. The van der Waals surface area contributed by atoms with Gasteiger partial charge in [0.25, 0.3) is 0 Å². The van der Waals surface area contributed by atoms with E-state index in [9.17, 15) is 13.6 Å². The second-order valence-electron chi connectivity index (χ2n) is 3.36. The lowest BCUT2D eigenvalue weighted by atomic mass is 10.3. The number of carbonyl (C=O) groups is 1. The van der Waals surface area contributed by atoms with Crippen LogP contribution in [0.15, 0.2) is 48.5 Å². The summed E-state index contributed by atoms with van der Waals surface area (Å²) in [7, 11) is 0. The maximum Gasteiger partial charge on any atom is 0.519 e. The summed E-state index contributed by atoms with van der Waals surface area (Å²) in [6.45, 7) is 0. The van der Waals surface area contributed by atoms with E-state index in [2.05, 4.69) is 0 Å². The topological polar surface area (TPSA) is 35.5 Å². The van der Waals surface area contributed by atoms with E-state index in [1.165, 1.54) is 24.3 Å². The van der Waals surface area contributed by atoms with E-state index in [1.54, 1.807) is 0 Å². The van der Waals surface area contributed by atoms with Crippen molar-refractivity contribution >= 4 is 6.16 Å². The number of benzene rings is 2. The Morgan fingerprint density at radius 1 is 0.722 bits per heavy atom. The average Bonchev–Trinajstić information content (AvgIpc) is 2.35. The molecule has 0 aliphatic heterocycles. The van der Waals surface area contributed by atoms with E-state index < -0.39 is 17.8 Å². The quantitative estimate of drug-likeness (QED) is 0.604. The van der Waals surface area contributed by atoms with Crippen LogP contribution in [0.4, 0.5) is 13.6 Å². The molecule has 3 nitrogen and oxygen atoms in total. The van der Waals surface area contributed by atoms with Gasteiger partial charge in [-0.25, -0.2) is 13.6 Å². The predicted octanol–water partition coefficient (Wildman–Crippen LogP) is 3.54. The van der Waals surface area contributed by atoms with Gasteiger partial charge in [0.1, 0.15) is 23.1 Å². The molecule has 18 heavy (non-hydrogen) atoms. The zero-order valence-corrected chi connectivity index (χ0v) is 9.10. The highest BCUT2D eigenvalue weighted by Crippen LogP contribution is 2.15. The number of hydrogen-bond donors (Lipinski definition) is 0. The molecule has 0 fully saturated rings. The van der Waals surface area contributed by atoms with Crippen molar-refractivity contribution in [3.05, 3.63) is 60.2 Å². The van der Waals surface area contributed by atoms with Crippen LogP contribution in [-0.4, -0.2) is 6.16 Å². The predicted molar refractivity (Wildman–Crippen MR) is 59.5 cm³/mol. The molecule has 0 aliphatic carbocycles. The SMILES string of the molecule is O=C(Oc1ccc(F)cc1)Oc1ccc(F)cc1. The molecular weight excluding hydrogens is 242 g/mol. The van der Waals surface area contributed by atoms with Gasteiger partial charge in [-0.1, -0.05) is 0 Å². The fourth-order valence-corrected chi connectivity index (χ4v) is 1.22. The minimum Gasteiger partial charge on any atom is -0.395 e. The van der Waals surface area contributed by atoms with Crippen molar-refractivity contribution < 1.29 is 23.0 Å². The summed E-state index contributed by atoms with van der Waals surface area (Å²) in [5.74, 6) is -0.560. The van der Waals surface area contributed by atoms with E-state index in [1.807, 2.05) is 0 Å². The molecule has 5 heteroatoms. The summed E-state index contributed by atoms with van der Waals surface area (Å²) in [6.07, 6.45) is -0.979. The minimum absolute atomic E-state index is 0.156. The molecular formula is C13H8F2O3. The molecule has 0 radical (unpaired) electrons. The summed E-state index contributed by atoms with van der Waals surface area (Å²) >= 11 is 0. The number of halogens is 2. The Labute approximate surface area is 102 Å². The van der Waals surface area contributed by atoms with Crippen molar-refractivity contribution in [1.82, 2.24) is 0 Å². The van der Waals surface area contributed by atoms with E-state index in [4.69, 9.17) is 9.47 Å². The van der Waals surface area contributed by atoms with Gasteiger partial charge in [-0.15, -0.1) is 0 Å². The Morgan fingerprint density at radius 2 is 1.06 bits per heavy atom. The van der Waals surface area contributed by atoms with Crippen molar-refractivity contribution in [3.8, 4) is 11.5 Å². The number of rotatable bonds is 2. The van der Waals surface area contributed by atoms with Crippen LogP contribution < -0.4 is 9.47 Å². The second kappa shape index (κ2) is 5.27. The Morgan fingerprint density at radius 3 is 1.39 bits per heavy atom. The molecule has 2 aromatic rings. The van der Waals surface area contributed by atoms with Crippen molar-refractivity contribution in [2.45, 2.75) is 0 Å². The number of ether oxygens (including phenoxy) is 2. The monoisotopic (exact) mass is 250 g/mol. The molecule has 2 aromatic carbocycles. The van der Waals surface area contributed by atoms with Gasteiger partial charge in [-0.2, -0.15) is 0 Å². The van der Waals surface area contributed by atoms with Gasteiger partial charge < -0.3 is 9.47 Å². The van der Waals surface area contributed by atoms with Crippen molar-refractivity contribution in [2.24, 2.45) is 0 Å². The van der Waals surface area contributed by atoms with Gasteiger partial charge in [0.2, 0.25) is 0 Å². The minimum atomic E-state index is -0.979. The first-order chi connectivity index (χ1) is 8.63. The van der Waals surface area contributed by atoms with Gasteiger partial charge in [-0.05, 0) is 48.5 Å². The highest BCUT2D eigenvalue weighted by Gasteiger charge is 2.07. The van der Waals surface area contributed by atoms with Gasteiger partial charge in [0.15, 0.2) is 0 Å². The van der Waals surface area contributed by atoms with Crippen LogP contribution in [0.1, 0.15) is 0 Å². The maximum atomic E-state index is 12.6. The fraction of sp³-hybridized carbons (Fsp3) is 0. The standard InChI is InChI=1S/C13H8F2O3/c14-9-1-5-11(6-2-9)17-13(16)18-12-7-3-10(15)4-8-12/h1-8H. The fourth-order valence-electron chi connectivity index (χ4n) is 1.22. The molecule has 0 heterocycles.